The van der Waals surface area contributed by atoms with Gasteiger partial charge in [-0.1, -0.05) is 41.9 Å². The fraction of sp³-hybridized carbons (Fsp3) is 0.423. The molecule has 2 atom stereocenters. The molecule has 0 spiro atoms. The zero-order chi connectivity index (χ0) is 25.2. The van der Waals surface area contributed by atoms with E-state index in [2.05, 4.69) is 10.6 Å². The van der Waals surface area contributed by atoms with Crippen LogP contribution in [0.2, 0.25) is 5.02 Å². The molecule has 4 rings (SSSR count). The third kappa shape index (κ3) is 5.94. The molecule has 2 unspecified atom stereocenters. The summed E-state index contributed by atoms with van der Waals surface area (Å²) in [6.07, 6.45) is -0.601. The van der Waals surface area contributed by atoms with Gasteiger partial charge in [-0.15, -0.1) is 0 Å². The van der Waals surface area contributed by atoms with Gasteiger partial charge in [0.25, 0.3) is 5.91 Å². The molecule has 0 bridgehead atoms. The van der Waals surface area contributed by atoms with Crippen molar-refractivity contribution >= 4 is 29.5 Å². The largest absolute Gasteiger partial charge is 0.444 e. The molecular weight excluding hydrogens is 470 g/mol. The van der Waals surface area contributed by atoms with Crippen molar-refractivity contribution in [3.05, 3.63) is 69.7 Å². The Morgan fingerprint density at radius 2 is 1.83 bits per heavy atom. The monoisotopic (exact) mass is 499 g/mol. The molecule has 186 valence electrons. The Hall–Kier alpha value is -3.10. The van der Waals surface area contributed by atoms with E-state index < -0.39 is 23.8 Å². The third-order valence-electron chi connectivity index (χ3n) is 6.02. The fourth-order valence-electron chi connectivity index (χ4n) is 4.18. The summed E-state index contributed by atoms with van der Waals surface area (Å²) in [5, 5.41) is 6.16. The second-order valence-electron chi connectivity index (χ2n) is 9.71. The van der Waals surface area contributed by atoms with Crippen molar-refractivity contribution in [2.45, 2.75) is 64.6 Å². The first-order valence-corrected chi connectivity index (χ1v) is 12.0. The molecule has 2 aliphatic heterocycles. The van der Waals surface area contributed by atoms with Gasteiger partial charge in [-0.2, -0.15) is 0 Å². The average molecular weight is 500 g/mol. The number of alkyl carbamates (subject to hydrolysis) is 1. The average Bonchev–Trinajstić information content (AvgIpc) is 3.19. The predicted molar refractivity (Wildman–Crippen MR) is 130 cm³/mol. The summed E-state index contributed by atoms with van der Waals surface area (Å²) in [7, 11) is 0. The second-order valence-corrected chi connectivity index (χ2v) is 10.1. The van der Waals surface area contributed by atoms with E-state index in [-0.39, 0.29) is 24.9 Å². The van der Waals surface area contributed by atoms with E-state index in [0.717, 1.165) is 22.3 Å². The Balaban J connectivity index is 1.35. The van der Waals surface area contributed by atoms with Gasteiger partial charge in [-0.25, -0.2) is 4.79 Å². The topological polar surface area (TPSA) is 97.0 Å². The lowest BCUT2D eigenvalue weighted by Crippen LogP contribution is -2.59. The molecule has 3 amide bonds. The normalized spacial score (nSPS) is 18.9. The summed E-state index contributed by atoms with van der Waals surface area (Å²) < 4.78 is 11.0. The highest BCUT2D eigenvalue weighted by Gasteiger charge is 2.42. The molecule has 0 aromatic heterocycles. The van der Waals surface area contributed by atoms with Crippen molar-refractivity contribution < 1.29 is 23.9 Å². The van der Waals surface area contributed by atoms with Crippen LogP contribution in [0.5, 0.6) is 0 Å². The Bertz CT molecular complexity index is 1130. The van der Waals surface area contributed by atoms with E-state index in [1.165, 1.54) is 0 Å². The standard InChI is InChI=1S/C26H30ClN3O5/c1-26(2,3)35-25(33)29-13-16-8-9-19(27)12-18(16)14-28-23(31)21-10-11-30(21)24(32)22-20-7-5-4-6-17(20)15-34-22/h4-9,12,21-22H,10-11,13-15H2,1-3H3,(H,28,31)(H,29,33). The van der Waals surface area contributed by atoms with Gasteiger partial charge in [0, 0.05) is 24.7 Å². The van der Waals surface area contributed by atoms with Crippen LogP contribution in [0.3, 0.4) is 0 Å². The molecule has 0 radical (unpaired) electrons. The lowest BCUT2D eigenvalue weighted by atomic mass is 9.98. The van der Waals surface area contributed by atoms with Gasteiger partial charge < -0.3 is 25.0 Å². The van der Waals surface area contributed by atoms with Gasteiger partial charge in [0.05, 0.1) is 6.61 Å². The van der Waals surface area contributed by atoms with Crippen molar-refractivity contribution in [1.29, 1.82) is 0 Å². The third-order valence-corrected chi connectivity index (χ3v) is 6.25. The molecule has 2 heterocycles. The Labute approximate surface area is 209 Å². The van der Waals surface area contributed by atoms with Gasteiger partial charge in [-0.3, -0.25) is 9.59 Å². The molecule has 2 aromatic carbocycles. The maximum absolute atomic E-state index is 13.1. The number of carbonyl (C=O) groups excluding carboxylic acids is 3. The fourth-order valence-corrected chi connectivity index (χ4v) is 4.37. The highest BCUT2D eigenvalue weighted by molar-refractivity contribution is 6.30. The lowest BCUT2D eigenvalue weighted by Gasteiger charge is -2.41. The molecule has 35 heavy (non-hydrogen) atoms. The van der Waals surface area contributed by atoms with Gasteiger partial charge >= 0.3 is 6.09 Å². The number of hydrogen-bond acceptors (Lipinski definition) is 5. The summed E-state index contributed by atoms with van der Waals surface area (Å²) in [6.45, 7) is 6.73. The number of ether oxygens (including phenoxy) is 2. The maximum Gasteiger partial charge on any atom is 0.407 e. The van der Waals surface area contributed by atoms with Crippen LogP contribution in [-0.4, -0.2) is 41.0 Å². The SMILES string of the molecule is CC(C)(C)OC(=O)NCc1ccc(Cl)cc1CNC(=O)C1CCN1C(=O)C1OCc2ccccc21. The van der Waals surface area contributed by atoms with Crippen molar-refractivity contribution in [3.63, 3.8) is 0 Å². The van der Waals surface area contributed by atoms with Gasteiger partial charge in [0.2, 0.25) is 5.91 Å². The van der Waals surface area contributed by atoms with E-state index in [0.29, 0.717) is 24.6 Å². The van der Waals surface area contributed by atoms with E-state index >= 15 is 0 Å². The van der Waals surface area contributed by atoms with Crippen molar-refractivity contribution in [2.75, 3.05) is 6.54 Å². The number of hydrogen-bond donors (Lipinski definition) is 2. The number of likely N-dealkylation sites (tertiary alicyclic amines) is 1. The van der Waals surface area contributed by atoms with Crippen LogP contribution in [0.15, 0.2) is 42.5 Å². The zero-order valence-corrected chi connectivity index (χ0v) is 20.9. The number of halogens is 1. The van der Waals surface area contributed by atoms with Crippen LogP contribution in [0, 0.1) is 0 Å². The first-order valence-electron chi connectivity index (χ1n) is 11.6. The minimum absolute atomic E-state index is 0.189. The number of rotatable bonds is 6. The number of carbonyl (C=O) groups is 3. The van der Waals surface area contributed by atoms with Gasteiger partial charge in [-0.05, 0) is 61.6 Å². The van der Waals surface area contributed by atoms with Crippen LogP contribution < -0.4 is 10.6 Å². The number of nitrogens with zero attached hydrogens (tertiary/aromatic N) is 1. The summed E-state index contributed by atoms with van der Waals surface area (Å²) in [5.74, 6) is -0.423. The molecule has 2 aliphatic rings. The van der Waals surface area contributed by atoms with Crippen molar-refractivity contribution in [3.8, 4) is 0 Å². The Morgan fingerprint density at radius 3 is 2.54 bits per heavy atom. The molecule has 1 saturated heterocycles. The molecule has 2 N–H and O–H groups in total. The second kappa shape index (κ2) is 10.3. The lowest BCUT2D eigenvalue weighted by molar-refractivity contribution is -0.156. The first kappa shape index (κ1) is 25.0. The van der Waals surface area contributed by atoms with Crippen LogP contribution in [0.4, 0.5) is 4.79 Å². The molecule has 1 fully saturated rings. The molecular formula is C26H30ClN3O5. The minimum atomic E-state index is -0.666. The molecule has 8 nitrogen and oxygen atoms in total. The molecule has 0 aliphatic carbocycles. The number of nitrogens with one attached hydrogen (secondary N) is 2. The highest BCUT2D eigenvalue weighted by Crippen LogP contribution is 2.34. The van der Waals surface area contributed by atoms with Crippen LogP contribution in [0.25, 0.3) is 0 Å². The smallest absolute Gasteiger partial charge is 0.407 e. The number of fused-ring (bicyclic) bond motifs is 1. The van der Waals surface area contributed by atoms with E-state index in [1.54, 1.807) is 43.9 Å². The van der Waals surface area contributed by atoms with E-state index in [1.807, 2.05) is 24.3 Å². The van der Waals surface area contributed by atoms with Crippen molar-refractivity contribution in [2.24, 2.45) is 0 Å². The quantitative estimate of drug-likeness (QED) is 0.629. The minimum Gasteiger partial charge on any atom is -0.444 e. The zero-order valence-electron chi connectivity index (χ0n) is 20.1. The van der Waals surface area contributed by atoms with E-state index in [4.69, 9.17) is 21.1 Å². The van der Waals surface area contributed by atoms with Gasteiger partial charge in [0.1, 0.15) is 11.6 Å². The summed E-state index contributed by atoms with van der Waals surface area (Å²) in [5.41, 5.74) is 2.84. The summed E-state index contributed by atoms with van der Waals surface area (Å²) in [6, 6.07) is 12.4. The van der Waals surface area contributed by atoms with Crippen LogP contribution in [-0.2, 0) is 38.8 Å². The highest BCUT2D eigenvalue weighted by atomic mass is 35.5. The number of benzene rings is 2. The van der Waals surface area contributed by atoms with Crippen LogP contribution in [0.1, 0.15) is 55.5 Å². The maximum atomic E-state index is 13.1. The van der Waals surface area contributed by atoms with E-state index in [9.17, 15) is 14.4 Å². The van der Waals surface area contributed by atoms with Gasteiger partial charge in [0.15, 0.2) is 6.10 Å². The Kier molecular flexibility index (Phi) is 7.33. The summed E-state index contributed by atoms with van der Waals surface area (Å²) in [4.78, 5) is 39.6. The molecule has 9 heteroatoms. The first-order chi connectivity index (χ1) is 16.6. The predicted octanol–water partition coefficient (Wildman–Crippen LogP) is 3.85. The van der Waals surface area contributed by atoms with Crippen LogP contribution >= 0.6 is 11.6 Å². The molecule has 0 saturated carbocycles. The number of amides is 3. The molecule has 2 aromatic rings. The Morgan fingerprint density at radius 1 is 1.09 bits per heavy atom. The summed E-state index contributed by atoms with van der Waals surface area (Å²) >= 11 is 6.17. The van der Waals surface area contributed by atoms with Crippen molar-refractivity contribution in [1.82, 2.24) is 15.5 Å².